The molecule has 0 radical (unpaired) electrons. The smallest absolute Gasteiger partial charge is 0.380 e. The molecule has 28 heavy (non-hydrogen) atoms. The molecule has 1 unspecified atom stereocenters. The van der Waals surface area contributed by atoms with Crippen LogP contribution in [0.25, 0.3) is 0 Å². The summed E-state index contributed by atoms with van der Waals surface area (Å²) < 4.78 is 1.83. The first kappa shape index (κ1) is 21.0. The number of benzene rings is 1. The van der Waals surface area contributed by atoms with Gasteiger partial charge in [-0.2, -0.15) is 17.0 Å². The van der Waals surface area contributed by atoms with E-state index in [-0.39, 0.29) is 11.9 Å². The molecule has 2 aliphatic heterocycles. The Morgan fingerprint density at radius 1 is 1.39 bits per heavy atom. The van der Waals surface area contributed by atoms with Crippen molar-refractivity contribution in [3.8, 4) is 6.07 Å². The number of amides is 1. The van der Waals surface area contributed by atoms with E-state index in [0.29, 0.717) is 38.0 Å². The average molecular weight is 421 g/mol. The van der Waals surface area contributed by atoms with E-state index in [2.05, 4.69) is 11.4 Å². The van der Waals surface area contributed by atoms with E-state index in [9.17, 15) is 14.9 Å². The summed E-state index contributed by atoms with van der Waals surface area (Å²) in [6.07, 6.45) is 4.09. The second-order valence-corrected chi connectivity index (χ2v) is 9.02. The summed E-state index contributed by atoms with van der Waals surface area (Å²) in [5, 5.41) is 21.1. The van der Waals surface area contributed by atoms with Gasteiger partial charge in [0, 0.05) is 31.6 Å². The quantitative estimate of drug-likeness (QED) is 0.678. The van der Waals surface area contributed by atoms with Crippen molar-refractivity contribution in [1.82, 2.24) is 14.5 Å². The molecule has 9 heteroatoms. The number of nitriles is 1. The predicted molar refractivity (Wildman–Crippen MR) is 111 cm³/mol. The van der Waals surface area contributed by atoms with E-state index >= 15 is 0 Å². The van der Waals surface area contributed by atoms with Gasteiger partial charge < -0.3 is 10.0 Å². The second-order valence-electron chi connectivity index (χ2n) is 6.99. The normalized spacial score (nSPS) is 21.8. The summed E-state index contributed by atoms with van der Waals surface area (Å²) in [4.78, 5) is 26.1. The number of hydrogen-bond acceptors (Lipinski definition) is 7. The number of rotatable bonds is 6. The topological polar surface area (TPSA) is 96.7 Å². The van der Waals surface area contributed by atoms with E-state index in [4.69, 9.17) is 5.11 Å². The summed E-state index contributed by atoms with van der Waals surface area (Å²) in [7, 11) is 0. The van der Waals surface area contributed by atoms with Crippen molar-refractivity contribution < 1.29 is 14.7 Å². The van der Waals surface area contributed by atoms with Crippen molar-refractivity contribution in [1.29, 1.82) is 5.26 Å². The highest BCUT2D eigenvalue weighted by molar-refractivity contribution is 8.11. The van der Waals surface area contributed by atoms with Crippen LogP contribution in [0.5, 0.6) is 0 Å². The Morgan fingerprint density at radius 2 is 2.11 bits per heavy atom. The predicted octanol–water partition coefficient (Wildman–Crippen LogP) is 2.73. The molecule has 0 aromatic heterocycles. The average Bonchev–Trinajstić information content (AvgIpc) is 2.94. The zero-order valence-corrected chi connectivity index (χ0v) is 17.4. The Bertz CT molecular complexity index is 775. The summed E-state index contributed by atoms with van der Waals surface area (Å²) in [5.41, 5.74) is 0.933. The Kier molecular flexibility index (Phi) is 6.88. The van der Waals surface area contributed by atoms with Crippen LogP contribution < -0.4 is 5.32 Å². The highest BCUT2D eigenvalue weighted by atomic mass is 32.2. The Balaban J connectivity index is 1.82. The lowest BCUT2D eigenvalue weighted by Gasteiger charge is -2.44. The molecule has 1 aromatic carbocycles. The minimum atomic E-state index is -0.913. The van der Waals surface area contributed by atoms with E-state index < -0.39 is 11.0 Å². The van der Waals surface area contributed by atoms with Crippen molar-refractivity contribution in [3.05, 3.63) is 35.4 Å². The first-order chi connectivity index (χ1) is 13.5. The van der Waals surface area contributed by atoms with Gasteiger partial charge in [-0.15, -0.1) is 0 Å². The maximum absolute atomic E-state index is 13.2. The monoisotopic (exact) mass is 420 g/mol. The molecular formula is C19H24N4O3S2. The van der Waals surface area contributed by atoms with Crippen LogP contribution in [-0.4, -0.2) is 62.3 Å². The molecule has 150 valence electrons. The van der Waals surface area contributed by atoms with Crippen LogP contribution in [0.15, 0.2) is 24.3 Å². The number of carboxylic acid groups (broad SMARTS) is 1. The van der Waals surface area contributed by atoms with E-state index in [1.807, 2.05) is 33.7 Å². The van der Waals surface area contributed by atoms with E-state index in [1.54, 1.807) is 17.8 Å². The first-order valence-corrected chi connectivity index (χ1v) is 11.4. The molecule has 2 aliphatic rings. The Hall–Kier alpha value is -1.73. The third-order valence-electron chi connectivity index (χ3n) is 5.36. The van der Waals surface area contributed by atoms with Gasteiger partial charge in [-0.1, -0.05) is 18.2 Å². The minimum Gasteiger partial charge on any atom is -0.472 e. The van der Waals surface area contributed by atoms with Gasteiger partial charge in [0.2, 0.25) is 5.91 Å². The molecule has 7 nitrogen and oxygen atoms in total. The molecule has 1 spiro atoms. The molecule has 3 rings (SSSR count). The van der Waals surface area contributed by atoms with Crippen LogP contribution in [0.4, 0.5) is 4.79 Å². The van der Waals surface area contributed by atoms with Crippen molar-refractivity contribution in [2.75, 3.05) is 25.1 Å². The van der Waals surface area contributed by atoms with Crippen molar-refractivity contribution >= 4 is 34.9 Å². The summed E-state index contributed by atoms with van der Waals surface area (Å²) in [5.74, 6) is 0.962. The maximum atomic E-state index is 13.2. The van der Waals surface area contributed by atoms with E-state index in [1.165, 1.54) is 0 Å². The third-order valence-corrected chi connectivity index (χ3v) is 6.78. The van der Waals surface area contributed by atoms with Gasteiger partial charge in [-0.05, 0) is 42.9 Å². The fourth-order valence-electron chi connectivity index (χ4n) is 3.93. The molecule has 1 aromatic rings. The molecule has 2 heterocycles. The minimum absolute atomic E-state index is 0.0705. The molecule has 0 saturated carbocycles. The fourth-order valence-corrected chi connectivity index (χ4v) is 4.99. The SMILES string of the molecule is CSCCC1NC2(CCN(SC(=O)O)CC2)N(Cc2ccccc2C#N)C1=O. The standard InChI is InChI=1S/C19H24N4O3S2/c1-27-11-6-16-17(24)23(13-15-5-3-2-4-14(15)12-20)19(21-16)7-9-22(10-8-19)28-18(25)26/h2-5,16,21H,6-11,13H2,1H3,(H,25,26). The lowest BCUT2D eigenvalue weighted by Crippen LogP contribution is -2.57. The lowest BCUT2D eigenvalue weighted by atomic mass is 9.96. The third kappa shape index (κ3) is 4.46. The van der Waals surface area contributed by atoms with Gasteiger partial charge in [-0.25, -0.2) is 9.10 Å². The Labute approximate surface area is 173 Å². The highest BCUT2D eigenvalue weighted by Crippen LogP contribution is 2.36. The number of nitrogens with zero attached hydrogens (tertiary/aromatic N) is 3. The molecule has 2 saturated heterocycles. The van der Waals surface area contributed by atoms with Crippen molar-refractivity contribution in [2.24, 2.45) is 0 Å². The van der Waals surface area contributed by atoms with Crippen LogP contribution in [0.1, 0.15) is 30.4 Å². The van der Waals surface area contributed by atoms with Gasteiger partial charge in [0.05, 0.1) is 23.3 Å². The van der Waals surface area contributed by atoms with Gasteiger partial charge in [0.15, 0.2) is 0 Å². The van der Waals surface area contributed by atoms with Gasteiger partial charge in [-0.3, -0.25) is 10.1 Å². The molecule has 1 amide bonds. The van der Waals surface area contributed by atoms with Crippen LogP contribution in [-0.2, 0) is 11.3 Å². The van der Waals surface area contributed by atoms with Gasteiger partial charge in [0.25, 0.3) is 0 Å². The number of hydrogen-bond donors (Lipinski definition) is 2. The summed E-state index contributed by atoms with van der Waals surface area (Å²) >= 11 is 2.53. The highest BCUT2D eigenvalue weighted by Gasteiger charge is 2.51. The van der Waals surface area contributed by atoms with Gasteiger partial charge >= 0.3 is 5.30 Å². The number of carbonyl (C=O) groups is 2. The molecule has 2 fully saturated rings. The van der Waals surface area contributed by atoms with Crippen LogP contribution in [0.3, 0.4) is 0 Å². The van der Waals surface area contributed by atoms with Crippen molar-refractivity contribution in [3.63, 3.8) is 0 Å². The van der Waals surface area contributed by atoms with E-state index in [0.717, 1.165) is 29.7 Å². The zero-order valence-electron chi connectivity index (χ0n) is 15.8. The lowest BCUT2D eigenvalue weighted by molar-refractivity contribution is -0.134. The Morgan fingerprint density at radius 3 is 2.75 bits per heavy atom. The fraction of sp³-hybridized carbons (Fsp3) is 0.526. The van der Waals surface area contributed by atoms with Crippen LogP contribution >= 0.6 is 23.7 Å². The molecule has 0 bridgehead atoms. The molecular weight excluding hydrogens is 396 g/mol. The summed E-state index contributed by atoms with van der Waals surface area (Å²) in [6.45, 7) is 1.56. The zero-order chi connectivity index (χ0) is 20.1. The molecule has 2 N–H and O–H groups in total. The molecule has 0 aliphatic carbocycles. The summed E-state index contributed by atoms with van der Waals surface area (Å²) in [6, 6.07) is 9.35. The maximum Gasteiger partial charge on any atom is 0.380 e. The van der Waals surface area contributed by atoms with Crippen molar-refractivity contribution in [2.45, 2.75) is 37.5 Å². The number of piperidine rings is 1. The number of thioether (sulfide) groups is 1. The van der Waals surface area contributed by atoms with Gasteiger partial charge in [0.1, 0.15) is 0 Å². The molecule has 1 atom stereocenters. The largest absolute Gasteiger partial charge is 0.472 e. The number of nitrogens with one attached hydrogen (secondary N) is 1. The second kappa shape index (κ2) is 9.18. The van der Waals surface area contributed by atoms with Crippen LogP contribution in [0.2, 0.25) is 0 Å². The van der Waals surface area contributed by atoms with Crippen LogP contribution in [0, 0.1) is 11.3 Å². The number of carbonyl (C=O) groups excluding carboxylic acids is 1. The first-order valence-electron chi connectivity index (χ1n) is 9.21.